The number of likely N-dealkylation sites (N-methyl/N-ethyl adjacent to an activating group) is 1. The monoisotopic (exact) mass is 800 g/mol. The van der Waals surface area contributed by atoms with Crippen molar-refractivity contribution >= 4 is 39.6 Å². The number of hydrogen-bond acceptors (Lipinski definition) is 9. The van der Waals surface area contributed by atoms with E-state index >= 15 is 0 Å². The van der Waals surface area contributed by atoms with Gasteiger partial charge in [-0.05, 0) is 38.2 Å². The van der Waals surface area contributed by atoms with Gasteiger partial charge in [-0.1, -0.05) is 71.3 Å². The molecule has 4 heterocycles. The van der Waals surface area contributed by atoms with Crippen molar-refractivity contribution in [2.24, 2.45) is 11.8 Å². The van der Waals surface area contributed by atoms with Crippen LogP contribution in [-0.2, 0) is 33.4 Å². The first-order chi connectivity index (χ1) is 25.6. The predicted octanol–water partition coefficient (Wildman–Crippen LogP) is 3.73. The number of amides is 3. The van der Waals surface area contributed by atoms with Gasteiger partial charge >= 0.3 is 5.97 Å². The lowest BCUT2D eigenvalue weighted by Gasteiger charge is -2.38. The van der Waals surface area contributed by atoms with E-state index in [0.717, 1.165) is 31.5 Å². The van der Waals surface area contributed by atoms with Gasteiger partial charge in [-0.2, -0.15) is 0 Å². The number of ether oxygens (including phenoxy) is 3. The third-order valence-corrected chi connectivity index (χ3v) is 12.3. The fourth-order valence-corrected chi connectivity index (χ4v) is 9.44. The summed E-state index contributed by atoms with van der Waals surface area (Å²) in [5.41, 5.74) is -0.507. The van der Waals surface area contributed by atoms with Crippen molar-refractivity contribution in [1.29, 1.82) is 0 Å². The molecule has 5 rings (SSSR count). The van der Waals surface area contributed by atoms with Gasteiger partial charge in [0.25, 0.3) is 0 Å². The molecule has 8 atom stereocenters. The Hall–Kier alpha value is -3.10. The molecular formula is C40H57BrN4O8. The fraction of sp³-hybridized carbons (Fsp3) is 0.650. The lowest BCUT2D eigenvalue weighted by atomic mass is 9.70. The summed E-state index contributed by atoms with van der Waals surface area (Å²) in [6.45, 7) is 14.2. The molecule has 12 nitrogen and oxygen atoms in total. The highest BCUT2D eigenvalue weighted by Crippen LogP contribution is 2.60. The zero-order valence-electron chi connectivity index (χ0n) is 31.3. The smallest absolute Gasteiger partial charge is 0.313 e. The van der Waals surface area contributed by atoms with Crippen LogP contribution in [0.25, 0.3) is 0 Å². The van der Waals surface area contributed by atoms with Crippen molar-refractivity contribution in [3.63, 3.8) is 0 Å². The third kappa shape index (κ3) is 8.91. The molecule has 13 heteroatoms. The number of likely N-dealkylation sites (tertiary alicyclic amines) is 1. The van der Waals surface area contributed by atoms with Crippen LogP contribution in [0, 0.1) is 11.8 Å². The van der Waals surface area contributed by atoms with E-state index in [2.05, 4.69) is 34.0 Å². The number of carbonyl (C=O) groups excluding carboxylic acids is 4. The van der Waals surface area contributed by atoms with E-state index in [4.69, 9.17) is 14.2 Å². The van der Waals surface area contributed by atoms with E-state index in [1.54, 1.807) is 33.9 Å². The van der Waals surface area contributed by atoms with Crippen molar-refractivity contribution in [3.05, 3.63) is 61.2 Å². The molecule has 4 aliphatic heterocycles. The molecule has 1 N–H and O–H groups in total. The first-order valence-corrected chi connectivity index (χ1v) is 20.1. The molecule has 0 radical (unpaired) electrons. The Balaban J connectivity index is 1.44. The van der Waals surface area contributed by atoms with Crippen molar-refractivity contribution < 1.29 is 38.5 Å². The molecule has 4 fully saturated rings. The molecule has 3 amide bonds. The normalized spacial score (nSPS) is 27.6. The summed E-state index contributed by atoms with van der Waals surface area (Å²) in [5, 5.41) is 9.32. The van der Waals surface area contributed by atoms with Gasteiger partial charge in [-0.25, -0.2) is 0 Å². The Kier molecular flexibility index (Phi) is 14.7. The quantitative estimate of drug-likeness (QED) is 0.0909. The molecule has 53 heavy (non-hydrogen) atoms. The molecule has 1 spiro atoms. The van der Waals surface area contributed by atoms with Gasteiger partial charge in [0.1, 0.15) is 17.7 Å². The predicted molar refractivity (Wildman–Crippen MR) is 204 cm³/mol. The number of morpholine rings is 1. The molecule has 2 bridgehead atoms. The van der Waals surface area contributed by atoms with Crippen LogP contribution in [0.3, 0.4) is 0 Å². The van der Waals surface area contributed by atoms with Crippen LogP contribution < -0.4 is 0 Å². The van der Waals surface area contributed by atoms with E-state index in [9.17, 15) is 24.3 Å². The van der Waals surface area contributed by atoms with Gasteiger partial charge in [0.2, 0.25) is 17.7 Å². The number of aliphatic hydroxyl groups is 1. The Morgan fingerprint density at radius 2 is 1.81 bits per heavy atom. The molecular weight excluding hydrogens is 744 g/mol. The molecule has 0 aliphatic carbocycles. The number of hydrogen-bond donors (Lipinski definition) is 1. The minimum Gasteiger partial charge on any atom is -0.455 e. The maximum Gasteiger partial charge on any atom is 0.313 e. The SMILES string of the molecule is C=CCCC(=O)N(C)[C@@H](C)[C@@H](OC(=O)[C@@H]1[C@H]2O[C@@]3(CC2Br)[C@H](C(=O)N(CC=C)CCN2CCOCC2)N(CCCCCCO)C(=O)[C@@H]13)c1ccccc1. The summed E-state index contributed by atoms with van der Waals surface area (Å²) in [6.07, 6.45) is 5.99. The third-order valence-electron chi connectivity index (χ3n) is 11.4. The summed E-state index contributed by atoms with van der Waals surface area (Å²) in [6, 6.07) is 7.87. The Morgan fingerprint density at radius 1 is 1.09 bits per heavy atom. The first kappa shape index (κ1) is 41.1. The van der Waals surface area contributed by atoms with Crippen LogP contribution in [0.5, 0.6) is 0 Å². The van der Waals surface area contributed by atoms with Crippen molar-refractivity contribution in [2.75, 3.05) is 66.1 Å². The van der Waals surface area contributed by atoms with Gasteiger partial charge in [0.15, 0.2) is 0 Å². The number of rotatable bonds is 20. The fourth-order valence-electron chi connectivity index (χ4n) is 8.50. The molecule has 1 aromatic carbocycles. The number of allylic oxidation sites excluding steroid dienone is 1. The van der Waals surface area contributed by atoms with E-state index < -0.39 is 47.7 Å². The molecule has 0 saturated carbocycles. The van der Waals surface area contributed by atoms with Crippen molar-refractivity contribution in [3.8, 4) is 0 Å². The van der Waals surface area contributed by atoms with Crippen LogP contribution in [0.1, 0.15) is 63.5 Å². The minimum atomic E-state index is -1.23. The highest BCUT2D eigenvalue weighted by atomic mass is 79.9. The molecule has 292 valence electrons. The number of halogens is 1. The zero-order valence-corrected chi connectivity index (χ0v) is 32.9. The van der Waals surface area contributed by atoms with Crippen LogP contribution in [0.15, 0.2) is 55.6 Å². The second-order valence-electron chi connectivity index (χ2n) is 14.7. The van der Waals surface area contributed by atoms with Gasteiger partial charge in [-0.15, -0.1) is 13.2 Å². The van der Waals surface area contributed by atoms with E-state index in [1.807, 2.05) is 37.3 Å². The number of unbranched alkanes of at least 4 members (excludes halogenated alkanes) is 3. The number of alkyl halides is 1. The first-order valence-electron chi connectivity index (χ1n) is 19.1. The average molecular weight is 802 g/mol. The second-order valence-corrected chi connectivity index (χ2v) is 15.9. The molecule has 0 aromatic heterocycles. The summed E-state index contributed by atoms with van der Waals surface area (Å²) in [5.74, 6) is -3.05. The highest BCUT2D eigenvalue weighted by Gasteiger charge is 2.77. The number of carbonyl (C=O) groups is 4. The van der Waals surface area contributed by atoms with Gasteiger partial charge < -0.3 is 34.0 Å². The summed E-state index contributed by atoms with van der Waals surface area (Å²) >= 11 is 3.78. The number of esters is 1. The van der Waals surface area contributed by atoms with E-state index in [-0.39, 0.29) is 35.6 Å². The Bertz CT molecular complexity index is 1440. The van der Waals surface area contributed by atoms with E-state index in [0.29, 0.717) is 65.1 Å². The Labute approximate surface area is 322 Å². The van der Waals surface area contributed by atoms with Crippen LogP contribution in [0.4, 0.5) is 0 Å². The molecule has 1 unspecified atom stereocenters. The molecule has 1 aromatic rings. The maximum atomic E-state index is 14.8. The average Bonchev–Trinajstić information content (AvgIpc) is 3.77. The summed E-state index contributed by atoms with van der Waals surface area (Å²) in [7, 11) is 1.70. The lowest BCUT2D eigenvalue weighted by Crippen LogP contribution is -2.57. The van der Waals surface area contributed by atoms with Gasteiger partial charge in [0.05, 0.1) is 37.2 Å². The topological polar surface area (TPSA) is 129 Å². The number of aliphatic hydroxyl groups excluding tert-OH is 1. The lowest BCUT2D eigenvalue weighted by molar-refractivity contribution is -0.164. The van der Waals surface area contributed by atoms with Crippen molar-refractivity contribution in [2.45, 2.75) is 86.6 Å². The summed E-state index contributed by atoms with van der Waals surface area (Å²) in [4.78, 5) is 64.2. The standard InChI is InChI=1S/C40H57BrN4O8/c1-5-7-17-31(47)42(4)28(3)34(29-15-11-10-12-16-29)52-39(50)32-33-37(48)45(19-13-8-9-14-24-46)36(40(33)27-30(41)35(32)53-40)38(49)44(18-6-2)21-20-43-22-25-51-26-23-43/h5-6,10-12,15-16,28,30,32-36,46H,1-2,7-9,13-14,17-27H2,3-4H3/t28-,30?,32-,33+,34+,35-,36-,40+/m0/s1. The molecule has 4 aliphatic rings. The number of fused-ring (bicyclic) bond motifs is 1. The number of nitrogens with zero attached hydrogens (tertiary/aromatic N) is 4. The highest BCUT2D eigenvalue weighted by molar-refractivity contribution is 9.09. The second kappa shape index (κ2) is 19.0. The Morgan fingerprint density at radius 3 is 2.49 bits per heavy atom. The largest absolute Gasteiger partial charge is 0.455 e. The number of benzene rings is 1. The van der Waals surface area contributed by atoms with Gasteiger partial charge in [-0.3, -0.25) is 24.1 Å². The summed E-state index contributed by atoms with van der Waals surface area (Å²) < 4.78 is 18.7. The van der Waals surface area contributed by atoms with Crippen molar-refractivity contribution in [1.82, 2.24) is 19.6 Å². The zero-order chi connectivity index (χ0) is 38.1. The maximum absolute atomic E-state index is 14.8. The minimum absolute atomic E-state index is 0.0988. The van der Waals surface area contributed by atoms with Gasteiger partial charge in [0, 0.05) is 64.2 Å². The molecule has 4 saturated heterocycles. The van der Waals surface area contributed by atoms with Crippen LogP contribution in [-0.4, -0.2) is 143 Å². The van der Waals surface area contributed by atoms with E-state index in [1.165, 1.54) is 0 Å². The van der Waals surface area contributed by atoms with Crippen LogP contribution >= 0.6 is 15.9 Å². The van der Waals surface area contributed by atoms with Crippen LogP contribution in [0.2, 0.25) is 0 Å².